The van der Waals surface area contributed by atoms with E-state index in [0.717, 1.165) is 26.1 Å². The predicted molar refractivity (Wildman–Crippen MR) is 77.5 cm³/mol. The summed E-state index contributed by atoms with van der Waals surface area (Å²) in [6, 6.07) is 8.69. The summed E-state index contributed by atoms with van der Waals surface area (Å²) in [6.45, 7) is 2.87. The number of nitrogens with zero attached hydrogens (tertiary/aromatic N) is 3. The van der Waals surface area contributed by atoms with E-state index in [9.17, 15) is 0 Å². The molecule has 0 spiro atoms. The molecule has 0 atom stereocenters. The molecule has 1 aliphatic rings. The van der Waals surface area contributed by atoms with E-state index in [4.69, 9.17) is 0 Å². The maximum Gasteiger partial charge on any atom is 0.0662 e. The first-order chi connectivity index (χ1) is 9.24. The van der Waals surface area contributed by atoms with E-state index in [1.165, 1.54) is 22.5 Å². The van der Waals surface area contributed by atoms with Gasteiger partial charge in [-0.2, -0.15) is 5.10 Å². The van der Waals surface area contributed by atoms with Crippen molar-refractivity contribution in [2.75, 3.05) is 25.5 Å². The van der Waals surface area contributed by atoms with E-state index in [0.29, 0.717) is 0 Å². The number of hydrogen-bond donors (Lipinski definition) is 1. The summed E-state index contributed by atoms with van der Waals surface area (Å²) < 4.78 is 2.14. The molecule has 1 N–H and O–H groups in total. The van der Waals surface area contributed by atoms with Crippen LogP contribution in [0.1, 0.15) is 16.8 Å². The quantitative estimate of drug-likeness (QED) is 0.906. The topological polar surface area (TPSA) is 33.1 Å². The van der Waals surface area contributed by atoms with Gasteiger partial charge in [0.05, 0.1) is 12.7 Å². The maximum absolute atomic E-state index is 4.52. The van der Waals surface area contributed by atoms with Crippen LogP contribution in [0.15, 0.2) is 30.5 Å². The summed E-state index contributed by atoms with van der Waals surface area (Å²) in [5.74, 6) is 0. The van der Waals surface area contributed by atoms with Crippen LogP contribution >= 0.6 is 0 Å². The van der Waals surface area contributed by atoms with Crippen molar-refractivity contribution in [2.24, 2.45) is 0 Å². The number of hydrogen-bond acceptors (Lipinski definition) is 3. The highest BCUT2D eigenvalue weighted by molar-refractivity contribution is 5.46. The Labute approximate surface area is 114 Å². The van der Waals surface area contributed by atoms with E-state index >= 15 is 0 Å². The number of benzene rings is 1. The van der Waals surface area contributed by atoms with E-state index < -0.39 is 0 Å². The number of aromatic nitrogens is 2. The highest BCUT2D eigenvalue weighted by Gasteiger charge is 2.14. The Morgan fingerprint density at radius 2 is 2.05 bits per heavy atom. The first kappa shape index (κ1) is 12.2. The summed E-state index contributed by atoms with van der Waals surface area (Å²) in [7, 11) is 4.12. The fourth-order valence-corrected chi connectivity index (χ4v) is 2.53. The molecule has 3 rings (SSSR count). The van der Waals surface area contributed by atoms with Crippen LogP contribution in [0.25, 0.3) is 0 Å². The fraction of sp³-hybridized carbons (Fsp3) is 0.400. The van der Waals surface area contributed by atoms with Gasteiger partial charge in [0.25, 0.3) is 0 Å². The Morgan fingerprint density at radius 3 is 2.79 bits per heavy atom. The van der Waals surface area contributed by atoms with Crippen LogP contribution < -0.4 is 10.2 Å². The van der Waals surface area contributed by atoms with Gasteiger partial charge in [-0.25, -0.2) is 0 Å². The molecule has 1 aromatic carbocycles. The monoisotopic (exact) mass is 256 g/mol. The van der Waals surface area contributed by atoms with Gasteiger partial charge >= 0.3 is 0 Å². The lowest BCUT2D eigenvalue weighted by atomic mass is 10.1. The molecule has 0 fully saturated rings. The highest BCUT2D eigenvalue weighted by Crippen LogP contribution is 2.17. The van der Waals surface area contributed by atoms with E-state index in [-0.39, 0.29) is 0 Å². The van der Waals surface area contributed by atoms with Gasteiger partial charge in [-0.1, -0.05) is 12.1 Å². The van der Waals surface area contributed by atoms with Crippen molar-refractivity contribution in [1.29, 1.82) is 0 Å². The summed E-state index contributed by atoms with van der Waals surface area (Å²) in [5.41, 5.74) is 5.26. The zero-order chi connectivity index (χ0) is 13.2. The normalized spacial score (nSPS) is 14.2. The summed E-state index contributed by atoms with van der Waals surface area (Å²) in [4.78, 5) is 2.12. The van der Waals surface area contributed by atoms with E-state index in [1.54, 1.807) is 0 Å². The predicted octanol–water partition coefficient (Wildman–Crippen LogP) is 1.64. The molecule has 0 radical (unpaired) electrons. The molecular weight excluding hydrogens is 236 g/mol. The third-order valence-corrected chi connectivity index (χ3v) is 3.67. The third-order valence-electron chi connectivity index (χ3n) is 3.67. The number of rotatable bonds is 3. The Bertz CT molecular complexity index is 554. The van der Waals surface area contributed by atoms with Crippen molar-refractivity contribution in [1.82, 2.24) is 15.1 Å². The van der Waals surface area contributed by atoms with Gasteiger partial charge in [0.2, 0.25) is 0 Å². The minimum absolute atomic E-state index is 0.864. The van der Waals surface area contributed by atoms with Crippen LogP contribution in [0, 0.1) is 0 Å². The van der Waals surface area contributed by atoms with Crippen molar-refractivity contribution < 1.29 is 0 Å². The summed E-state index contributed by atoms with van der Waals surface area (Å²) in [6.07, 6.45) is 3.07. The lowest BCUT2D eigenvalue weighted by molar-refractivity contribution is 0.582. The van der Waals surface area contributed by atoms with Gasteiger partial charge in [0.1, 0.15) is 0 Å². The molecule has 19 heavy (non-hydrogen) atoms. The van der Waals surface area contributed by atoms with Gasteiger partial charge in [0, 0.05) is 50.6 Å². The van der Waals surface area contributed by atoms with Gasteiger partial charge in [-0.3, -0.25) is 4.68 Å². The van der Waals surface area contributed by atoms with Crippen molar-refractivity contribution in [3.63, 3.8) is 0 Å². The number of anilines is 1. The van der Waals surface area contributed by atoms with Crippen molar-refractivity contribution in [3.05, 3.63) is 47.3 Å². The van der Waals surface area contributed by atoms with Crippen molar-refractivity contribution >= 4 is 5.69 Å². The zero-order valence-corrected chi connectivity index (χ0v) is 11.6. The number of fused-ring (bicyclic) bond motifs is 1. The van der Waals surface area contributed by atoms with Crippen LogP contribution in [0.3, 0.4) is 0 Å². The largest absolute Gasteiger partial charge is 0.378 e. The Balaban J connectivity index is 1.79. The van der Waals surface area contributed by atoms with Gasteiger partial charge in [-0.15, -0.1) is 0 Å². The molecule has 0 bridgehead atoms. The minimum atomic E-state index is 0.864. The molecule has 0 amide bonds. The van der Waals surface area contributed by atoms with Crippen LogP contribution in [0.5, 0.6) is 0 Å². The molecule has 2 aromatic rings. The average molecular weight is 256 g/mol. The van der Waals surface area contributed by atoms with E-state index in [2.05, 4.69) is 58.4 Å². The molecular formula is C15H20N4. The molecule has 100 valence electrons. The second-order valence-corrected chi connectivity index (χ2v) is 5.26. The third kappa shape index (κ3) is 2.49. The Kier molecular flexibility index (Phi) is 3.25. The van der Waals surface area contributed by atoms with Crippen LogP contribution in [-0.4, -0.2) is 30.4 Å². The minimum Gasteiger partial charge on any atom is -0.378 e. The van der Waals surface area contributed by atoms with Gasteiger partial charge in [0.15, 0.2) is 0 Å². The maximum atomic E-state index is 4.52. The molecule has 1 aliphatic heterocycles. The van der Waals surface area contributed by atoms with Gasteiger partial charge < -0.3 is 10.2 Å². The smallest absolute Gasteiger partial charge is 0.0662 e. The lowest BCUT2D eigenvalue weighted by Gasteiger charge is -2.16. The van der Waals surface area contributed by atoms with E-state index in [1.807, 2.05) is 6.20 Å². The molecule has 0 unspecified atom stereocenters. The standard InChI is InChI=1S/C15H20N4/c1-18(2)14-5-3-12(4-6-14)11-19-15-7-8-16-9-13(15)10-17-19/h3-6,10,16H,7-9,11H2,1-2H3. The fourth-order valence-electron chi connectivity index (χ4n) is 2.53. The zero-order valence-electron chi connectivity index (χ0n) is 11.6. The SMILES string of the molecule is CN(C)c1ccc(Cn2ncc3c2CCNC3)cc1. The molecule has 0 saturated heterocycles. The molecule has 4 nitrogen and oxygen atoms in total. The highest BCUT2D eigenvalue weighted by atomic mass is 15.3. The van der Waals surface area contributed by atoms with Crippen LogP contribution in [0.4, 0.5) is 5.69 Å². The van der Waals surface area contributed by atoms with Crippen LogP contribution in [0.2, 0.25) is 0 Å². The van der Waals surface area contributed by atoms with Crippen LogP contribution in [-0.2, 0) is 19.5 Å². The number of nitrogens with one attached hydrogen (secondary N) is 1. The van der Waals surface area contributed by atoms with Gasteiger partial charge in [-0.05, 0) is 17.7 Å². The van der Waals surface area contributed by atoms with Crippen molar-refractivity contribution in [2.45, 2.75) is 19.5 Å². The average Bonchev–Trinajstić information content (AvgIpc) is 2.83. The molecule has 0 saturated carbocycles. The first-order valence-corrected chi connectivity index (χ1v) is 6.74. The molecule has 0 aliphatic carbocycles. The van der Waals surface area contributed by atoms with Crippen molar-refractivity contribution in [3.8, 4) is 0 Å². The molecule has 2 heterocycles. The first-order valence-electron chi connectivity index (χ1n) is 6.74. The summed E-state index contributed by atoms with van der Waals surface area (Å²) >= 11 is 0. The lowest BCUT2D eigenvalue weighted by Crippen LogP contribution is -2.24. The Morgan fingerprint density at radius 1 is 1.26 bits per heavy atom. The Hall–Kier alpha value is -1.81. The molecule has 4 heteroatoms. The second kappa shape index (κ2) is 5.05. The summed E-state index contributed by atoms with van der Waals surface area (Å²) in [5, 5.41) is 7.90. The second-order valence-electron chi connectivity index (χ2n) is 5.26. The molecule has 1 aromatic heterocycles.